The summed E-state index contributed by atoms with van der Waals surface area (Å²) in [6, 6.07) is 17.1. The monoisotopic (exact) mass is 438 g/mol. The van der Waals surface area contributed by atoms with Crippen LogP contribution in [0.2, 0.25) is 0 Å². The first-order valence-corrected chi connectivity index (χ1v) is 11.6. The fourth-order valence-corrected chi connectivity index (χ4v) is 4.02. The van der Waals surface area contributed by atoms with Gasteiger partial charge in [-0.1, -0.05) is 24.3 Å². The van der Waals surface area contributed by atoms with Crippen molar-refractivity contribution < 1.29 is 9.53 Å². The summed E-state index contributed by atoms with van der Waals surface area (Å²) in [5, 5.41) is 6.72. The molecule has 2 aromatic carbocycles. The fraction of sp³-hybridized carbons (Fsp3) is 0.500. The summed E-state index contributed by atoms with van der Waals surface area (Å²) in [6.07, 6.45) is 2.04. The molecule has 6 nitrogen and oxygen atoms in total. The lowest BCUT2D eigenvalue weighted by Gasteiger charge is -2.33. The second-order valence-corrected chi connectivity index (χ2v) is 9.56. The van der Waals surface area contributed by atoms with Gasteiger partial charge < -0.3 is 25.2 Å². The SMILES string of the molecule is CNc1ccccc1Nc1ccc(C2CCN(CCN(C)C(=O)OC(C)(C)C)CC2)cc1. The number of nitrogens with one attached hydrogen (secondary N) is 2. The summed E-state index contributed by atoms with van der Waals surface area (Å²) in [4.78, 5) is 16.2. The van der Waals surface area contributed by atoms with Crippen molar-refractivity contribution in [2.75, 3.05) is 50.9 Å². The van der Waals surface area contributed by atoms with Crippen LogP contribution in [-0.2, 0) is 4.74 Å². The molecule has 1 aliphatic rings. The molecule has 1 fully saturated rings. The molecule has 0 unspecified atom stereocenters. The Morgan fingerprint density at radius 1 is 1.06 bits per heavy atom. The molecule has 0 atom stereocenters. The lowest BCUT2D eigenvalue weighted by molar-refractivity contribution is 0.0278. The van der Waals surface area contributed by atoms with E-state index in [-0.39, 0.29) is 6.09 Å². The standard InChI is InChI=1S/C26H38N4O2/c1-26(2,3)32-25(31)29(5)18-19-30-16-14-21(15-17-30)20-10-12-22(13-11-20)28-24-9-7-6-8-23(24)27-4/h6-13,21,27-28H,14-19H2,1-5H3. The highest BCUT2D eigenvalue weighted by Crippen LogP contribution is 2.30. The van der Waals surface area contributed by atoms with E-state index >= 15 is 0 Å². The molecule has 0 aromatic heterocycles. The van der Waals surface area contributed by atoms with Crippen molar-refractivity contribution in [2.24, 2.45) is 0 Å². The Kier molecular flexibility index (Phi) is 8.02. The number of likely N-dealkylation sites (tertiary alicyclic amines) is 1. The maximum Gasteiger partial charge on any atom is 0.410 e. The lowest BCUT2D eigenvalue weighted by atomic mass is 9.89. The minimum Gasteiger partial charge on any atom is -0.444 e. The molecule has 0 spiro atoms. The van der Waals surface area contributed by atoms with Crippen molar-refractivity contribution in [3.8, 4) is 0 Å². The third-order valence-corrected chi connectivity index (χ3v) is 5.90. The summed E-state index contributed by atoms with van der Waals surface area (Å²) < 4.78 is 5.43. The first kappa shape index (κ1) is 23.9. The van der Waals surface area contributed by atoms with Crippen LogP contribution < -0.4 is 10.6 Å². The Balaban J connectivity index is 1.45. The van der Waals surface area contributed by atoms with Crippen LogP contribution in [-0.4, -0.2) is 61.8 Å². The predicted molar refractivity (Wildman–Crippen MR) is 133 cm³/mol. The van der Waals surface area contributed by atoms with Gasteiger partial charge in [0.15, 0.2) is 0 Å². The van der Waals surface area contributed by atoms with E-state index in [1.165, 1.54) is 5.56 Å². The molecule has 0 radical (unpaired) electrons. The number of amides is 1. The van der Waals surface area contributed by atoms with Gasteiger partial charge in [0.1, 0.15) is 5.60 Å². The molecule has 0 saturated carbocycles. The number of likely N-dealkylation sites (N-methyl/N-ethyl adjacent to an activating group) is 1. The largest absolute Gasteiger partial charge is 0.444 e. The quantitative estimate of drug-likeness (QED) is 0.596. The van der Waals surface area contributed by atoms with E-state index in [0.29, 0.717) is 12.5 Å². The van der Waals surface area contributed by atoms with Gasteiger partial charge in [-0.15, -0.1) is 0 Å². The number of ether oxygens (including phenoxy) is 1. The summed E-state index contributed by atoms with van der Waals surface area (Å²) in [5.41, 5.74) is 4.21. The number of carbonyl (C=O) groups excluding carboxylic acids is 1. The van der Waals surface area contributed by atoms with Crippen LogP contribution in [0.25, 0.3) is 0 Å². The number of nitrogens with zero attached hydrogens (tertiary/aromatic N) is 2. The molecule has 174 valence electrons. The van der Waals surface area contributed by atoms with Gasteiger partial charge >= 0.3 is 6.09 Å². The summed E-state index contributed by atoms with van der Waals surface area (Å²) in [7, 11) is 3.75. The zero-order valence-corrected chi connectivity index (χ0v) is 20.1. The fourth-order valence-electron chi connectivity index (χ4n) is 4.02. The van der Waals surface area contributed by atoms with Crippen molar-refractivity contribution >= 4 is 23.2 Å². The van der Waals surface area contributed by atoms with Gasteiger partial charge in [-0.3, -0.25) is 0 Å². The Morgan fingerprint density at radius 3 is 2.28 bits per heavy atom. The number of rotatable bonds is 7. The van der Waals surface area contributed by atoms with Crippen molar-refractivity contribution in [3.05, 3.63) is 54.1 Å². The first-order chi connectivity index (χ1) is 15.2. The number of carbonyl (C=O) groups is 1. The Labute approximate surface area is 192 Å². The average Bonchev–Trinajstić information content (AvgIpc) is 2.77. The van der Waals surface area contributed by atoms with Crippen LogP contribution in [0.5, 0.6) is 0 Å². The topological polar surface area (TPSA) is 56.8 Å². The molecule has 0 aliphatic carbocycles. The first-order valence-electron chi connectivity index (χ1n) is 11.6. The molecule has 3 rings (SSSR count). The second kappa shape index (κ2) is 10.7. The third-order valence-electron chi connectivity index (χ3n) is 5.90. The van der Waals surface area contributed by atoms with E-state index in [4.69, 9.17) is 4.74 Å². The third kappa shape index (κ3) is 6.89. The van der Waals surface area contributed by atoms with Gasteiger partial charge in [0.2, 0.25) is 0 Å². The van der Waals surface area contributed by atoms with Crippen LogP contribution in [0, 0.1) is 0 Å². The van der Waals surface area contributed by atoms with Gasteiger partial charge in [0, 0.05) is 32.9 Å². The maximum absolute atomic E-state index is 12.1. The summed E-state index contributed by atoms with van der Waals surface area (Å²) in [5.74, 6) is 0.591. The molecule has 2 N–H and O–H groups in total. The van der Waals surface area contributed by atoms with E-state index < -0.39 is 5.60 Å². The molecule has 1 saturated heterocycles. The predicted octanol–water partition coefficient (Wildman–Crippen LogP) is 5.52. The van der Waals surface area contributed by atoms with Gasteiger partial charge in [-0.25, -0.2) is 4.79 Å². The van der Waals surface area contributed by atoms with Crippen LogP contribution >= 0.6 is 0 Å². The Morgan fingerprint density at radius 2 is 1.69 bits per heavy atom. The van der Waals surface area contributed by atoms with E-state index in [2.05, 4.69) is 51.9 Å². The van der Waals surface area contributed by atoms with Gasteiger partial charge in [-0.05, 0) is 82.4 Å². The number of piperidine rings is 1. The highest BCUT2D eigenvalue weighted by atomic mass is 16.6. The smallest absolute Gasteiger partial charge is 0.410 e. The van der Waals surface area contributed by atoms with Crippen molar-refractivity contribution in [3.63, 3.8) is 0 Å². The molecule has 1 aliphatic heterocycles. The summed E-state index contributed by atoms with van der Waals surface area (Å²) in [6.45, 7) is 9.38. The van der Waals surface area contributed by atoms with Gasteiger partial charge in [0.25, 0.3) is 0 Å². The minimum atomic E-state index is -0.453. The molecule has 32 heavy (non-hydrogen) atoms. The molecule has 1 heterocycles. The Hall–Kier alpha value is -2.73. The Bertz CT molecular complexity index is 868. The number of para-hydroxylation sites is 2. The molecule has 6 heteroatoms. The minimum absolute atomic E-state index is 0.251. The van der Waals surface area contributed by atoms with E-state index in [0.717, 1.165) is 49.5 Å². The molecular weight excluding hydrogens is 400 g/mol. The van der Waals surface area contributed by atoms with Crippen LogP contribution in [0.15, 0.2) is 48.5 Å². The maximum atomic E-state index is 12.1. The number of benzene rings is 2. The van der Waals surface area contributed by atoms with Crippen molar-refractivity contribution in [1.82, 2.24) is 9.80 Å². The zero-order valence-electron chi connectivity index (χ0n) is 20.1. The van der Waals surface area contributed by atoms with Crippen LogP contribution in [0.1, 0.15) is 45.1 Å². The van der Waals surface area contributed by atoms with Crippen LogP contribution in [0.4, 0.5) is 21.9 Å². The highest BCUT2D eigenvalue weighted by Gasteiger charge is 2.23. The van der Waals surface area contributed by atoms with Crippen molar-refractivity contribution in [1.29, 1.82) is 0 Å². The molecule has 0 bridgehead atoms. The van der Waals surface area contributed by atoms with E-state index in [9.17, 15) is 4.79 Å². The summed E-state index contributed by atoms with van der Waals surface area (Å²) >= 11 is 0. The number of hydrogen-bond donors (Lipinski definition) is 2. The normalized spacial score (nSPS) is 15.3. The highest BCUT2D eigenvalue weighted by molar-refractivity contribution is 5.74. The second-order valence-electron chi connectivity index (χ2n) is 9.56. The van der Waals surface area contributed by atoms with Gasteiger partial charge in [0.05, 0.1) is 11.4 Å². The van der Waals surface area contributed by atoms with E-state index in [1.807, 2.05) is 47.0 Å². The van der Waals surface area contributed by atoms with E-state index in [1.54, 1.807) is 4.90 Å². The number of anilines is 3. The van der Waals surface area contributed by atoms with Gasteiger partial charge in [-0.2, -0.15) is 0 Å². The molecule has 1 amide bonds. The average molecular weight is 439 g/mol. The van der Waals surface area contributed by atoms with Crippen molar-refractivity contribution in [2.45, 2.75) is 45.1 Å². The zero-order chi connectivity index (χ0) is 23.1. The van der Waals surface area contributed by atoms with Crippen LogP contribution in [0.3, 0.4) is 0 Å². The number of hydrogen-bond acceptors (Lipinski definition) is 5. The molecular formula is C26H38N4O2. The molecule has 2 aromatic rings. The lowest BCUT2D eigenvalue weighted by Crippen LogP contribution is -2.41.